The van der Waals surface area contributed by atoms with Crippen molar-refractivity contribution in [2.24, 2.45) is 5.92 Å². The van der Waals surface area contributed by atoms with E-state index in [0.29, 0.717) is 30.3 Å². The number of phenols is 1. The molecule has 2 N–H and O–H groups in total. The number of ether oxygens (including phenoxy) is 3. The van der Waals surface area contributed by atoms with Crippen molar-refractivity contribution in [2.45, 2.75) is 33.2 Å². The first-order valence-corrected chi connectivity index (χ1v) is 10.0. The Bertz CT molecular complexity index is 924. The third-order valence-electron chi connectivity index (χ3n) is 4.91. The van der Waals surface area contributed by atoms with E-state index in [1.54, 1.807) is 19.1 Å². The van der Waals surface area contributed by atoms with Gasteiger partial charge < -0.3 is 24.6 Å². The van der Waals surface area contributed by atoms with Crippen molar-refractivity contribution < 1.29 is 28.9 Å². The van der Waals surface area contributed by atoms with Gasteiger partial charge in [-0.2, -0.15) is 0 Å². The summed E-state index contributed by atoms with van der Waals surface area (Å²) in [5.74, 6) is 0.123. The van der Waals surface area contributed by atoms with E-state index in [0.717, 1.165) is 12.0 Å². The Hall–Kier alpha value is -3.22. The number of para-hydroxylation sites is 1. The van der Waals surface area contributed by atoms with Crippen LogP contribution in [-0.2, 0) is 9.53 Å². The average Bonchev–Trinajstić information content (AvgIpc) is 2.96. The minimum atomic E-state index is -0.747. The second kappa shape index (κ2) is 9.52. The third kappa shape index (κ3) is 5.03. The van der Waals surface area contributed by atoms with Gasteiger partial charge in [0.2, 0.25) is 0 Å². The third-order valence-corrected chi connectivity index (χ3v) is 4.91. The van der Waals surface area contributed by atoms with Crippen LogP contribution in [-0.4, -0.2) is 36.8 Å². The monoisotopic (exact) mass is 413 g/mol. The predicted octanol–water partition coefficient (Wildman–Crippen LogP) is 3.53. The van der Waals surface area contributed by atoms with Crippen LogP contribution < -0.4 is 14.8 Å². The first kappa shape index (κ1) is 21.5. The van der Waals surface area contributed by atoms with E-state index in [-0.39, 0.29) is 23.3 Å². The summed E-state index contributed by atoms with van der Waals surface area (Å²) in [4.78, 5) is 24.7. The number of phenolic OH excluding ortho intramolecular Hbond substituents is 1. The number of carbonyl (C=O) groups is 2. The molecule has 2 aromatic carbocycles. The van der Waals surface area contributed by atoms with Gasteiger partial charge in [-0.05, 0) is 42.2 Å². The van der Waals surface area contributed by atoms with Gasteiger partial charge in [0.05, 0.1) is 19.3 Å². The Morgan fingerprint density at radius 2 is 1.87 bits per heavy atom. The Morgan fingerprint density at radius 3 is 2.60 bits per heavy atom. The maximum absolute atomic E-state index is 12.5. The summed E-state index contributed by atoms with van der Waals surface area (Å²) in [6.07, 6.45) is 0.816. The summed E-state index contributed by atoms with van der Waals surface area (Å²) in [6, 6.07) is 10.1. The number of hydrogen-bond acceptors (Lipinski definition) is 6. The van der Waals surface area contributed by atoms with Gasteiger partial charge >= 0.3 is 5.97 Å². The molecule has 3 rings (SSSR count). The fourth-order valence-electron chi connectivity index (χ4n) is 3.26. The number of aryl methyl sites for hydroxylation is 1. The lowest BCUT2D eigenvalue weighted by atomic mass is 9.95. The van der Waals surface area contributed by atoms with Crippen LogP contribution in [0.2, 0.25) is 0 Å². The van der Waals surface area contributed by atoms with E-state index >= 15 is 0 Å². The predicted molar refractivity (Wildman–Crippen MR) is 111 cm³/mol. The molecule has 1 aliphatic rings. The lowest BCUT2D eigenvalue weighted by Gasteiger charge is -2.24. The minimum absolute atomic E-state index is 0.0334. The molecule has 160 valence electrons. The Kier molecular flexibility index (Phi) is 6.82. The summed E-state index contributed by atoms with van der Waals surface area (Å²) < 4.78 is 16.5. The maximum atomic E-state index is 12.5. The molecule has 7 heteroatoms. The first-order chi connectivity index (χ1) is 14.4. The highest BCUT2D eigenvalue weighted by Gasteiger charge is 2.22. The standard InChI is InChI=1S/C23H27NO6/c1-14(2)21(16-8-9-18-19(12-16)29-11-5-10-28-18)24-20(25)13-30-23(27)17-7-4-6-15(3)22(17)26/h4,6-9,12,14,21,26H,5,10-11,13H2,1-3H3,(H,24,25)/t21-/m1/s1. The van der Waals surface area contributed by atoms with E-state index < -0.39 is 18.5 Å². The molecule has 7 nitrogen and oxygen atoms in total. The molecule has 0 aliphatic carbocycles. The van der Waals surface area contributed by atoms with Gasteiger partial charge in [0, 0.05) is 6.42 Å². The van der Waals surface area contributed by atoms with Crippen molar-refractivity contribution in [3.63, 3.8) is 0 Å². The van der Waals surface area contributed by atoms with Crippen LogP contribution >= 0.6 is 0 Å². The summed E-state index contributed by atoms with van der Waals surface area (Å²) in [5.41, 5.74) is 1.47. The highest BCUT2D eigenvalue weighted by molar-refractivity contribution is 5.94. The molecule has 1 heterocycles. The van der Waals surface area contributed by atoms with Gasteiger partial charge in [0.25, 0.3) is 5.91 Å². The number of hydrogen-bond donors (Lipinski definition) is 2. The van der Waals surface area contributed by atoms with Crippen LogP contribution in [0, 0.1) is 12.8 Å². The second-order valence-corrected chi connectivity index (χ2v) is 7.59. The van der Waals surface area contributed by atoms with Crippen LogP contribution in [0.4, 0.5) is 0 Å². The van der Waals surface area contributed by atoms with Crippen molar-refractivity contribution in [3.8, 4) is 17.2 Å². The van der Waals surface area contributed by atoms with Crippen molar-refractivity contribution >= 4 is 11.9 Å². The van der Waals surface area contributed by atoms with Crippen LogP contribution in [0.5, 0.6) is 17.2 Å². The van der Waals surface area contributed by atoms with Crippen LogP contribution in [0.3, 0.4) is 0 Å². The van der Waals surface area contributed by atoms with Crippen molar-refractivity contribution in [1.82, 2.24) is 5.32 Å². The summed E-state index contributed by atoms with van der Waals surface area (Å²) >= 11 is 0. The zero-order chi connectivity index (χ0) is 21.7. The molecular formula is C23H27NO6. The molecule has 1 atom stereocenters. The smallest absolute Gasteiger partial charge is 0.342 e. The second-order valence-electron chi connectivity index (χ2n) is 7.59. The van der Waals surface area contributed by atoms with Crippen molar-refractivity contribution in [1.29, 1.82) is 0 Å². The lowest BCUT2D eigenvalue weighted by Crippen LogP contribution is -2.35. The molecule has 0 fully saturated rings. The molecule has 0 saturated heterocycles. The van der Waals surface area contributed by atoms with E-state index in [1.165, 1.54) is 6.07 Å². The lowest BCUT2D eigenvalue weighted by molar-refractivity contribution is -0.125. The number of nitrogens with one attached hydrogen (secondary N) is 1. The molecular weight excluding hydrogens is 386 g/mol. The van der Waals surface area contributed by atoms with Crippen LogP contribution in [0.25, 0.3) is 0 Å². The van der Waals surface area contributed by atoms with Gasteiger partial charge in [-0.25, -0.2) is 4.79 Å². The van der Waals surface area contributed by atoms with E-state index in [4.69, 9.17) is 14.2 Å². The van der Waals surface area contributed by atoms with Gasteiger partial charge in [-0.15, -0.1) is 0 Å². The number of amides is 1. The van der Waals surface area contributed by atoms with Crippen molar-refractivity contribution in [3.05, 3.63) is 53.1 Å². The topological polar surface area (TPSA) is 94.1 Å². The molecule has 0 saturated carbocycles. The zero-order valence-corrected chi connectivity index (χ0v) is 17.4. The Balaban J connectivity index is 1.65. The highest BCUT2D eigenvalue weighted by atomic mass is 16.5. The first-order valence-electron chi connectivity index (χ1n) is 10.0. The molecule has 0 bridgehead atoms. The molecule has 1 amide bonds. The van der Waals surface area contributed by atoms with Crippen LogP contribution in [0.1, 0.15) is 47.8 Å². The van der Waals surface area contributed by atoms with E-state index in [1.807, 2.05) is 32.0 Å². The molecule has 1 aliphatic heterocycles. The number of carbonyl (C=O) groups excluding carboxylic acids is 2. The SMILES string of the molecule is Cc1cccc(C(=O)OCC(=O)N[C@@H](c2ccc3c(c2)OCCCO3)C(C)C)c1O. The summed E-state index contributed by atoms with van der Waals surface area (Å²) in [5, 5.41) is 12.9. The van der Waals surface area contributed by atoms with Gasteiger partial charge in [0.15, 0.2) is 18.1 Å². The Labute approximate surface area is 176 Å². The Morgan fingerprint density at radius 1 is 1.13 bits per heavy atom. The molecule has 0 radical (unpaired) electrons. The molecule has 2 aromatic rings. The normalized spacial score (nSPS) is 14.0. The molecule has 0 unspecified atom stereocenters. The minimum Gasteiger partial charge on any atom is -0.507 e. The number of benzene rings is 2. The average molecular weight is 413 g/mol. The van der Waals surface area contributed by atoms with E-state index in [9.17, 15) is 14.7 Å². The summed E-state index contributed by atoms with van der Waals surface area (Å²) in [6.45, 7) is 6.41. The number of fused-ring (bicyclic) bond motifs is 1. The largest absolute Gasteiger partial charge is 0.507 e. The number of rotatable bonds is 6. The van der Waals surface area contributed by atoms with Gasteiger partial charge in [0.1, 0.15) is 11.3 Å². The highest BCUT2D eigenvalue weighted by Crippen LogP contribution is 2.34. The van der Waals surface area contributed by atoms with Crippen LogP contribution in [0.15, 0.2) is 36.4 Å². The van der Waals surface area contributed by atoms with E-state index in [2.05, 4.69) is 5.32 Å². The fourth-order valence-corrected chi connectivity index (χ4v) is 3.26. The van der Waals surface area contributed by atoms with Crippen molar-refractivity contribution in [2.75, 3.05) is 19.8 Å². The summed E-state index contributed by atoms with van der Waals surface area (Å²) in [7, 11) is 0. The number of esters is 1. The van der Waals surface area contributed by atoms with Gasteiger partial charge in [-0.1, -0.05) is 32.0 Å². The quantitative estimate of drug-likeness (QED) is 0.704. The maximum Gasteiger partial charge on any atom is 0.342 e. The molecule has 0 aromatic heterocycles. The molecule has 0 spiro atoms. The fraction of sp³-hybridized carbons (Fsp3) is 0.391. The number of aromatic hydroxyl groups is 1. The van der Waals surface area contributed by atoms with Gasteiger partial charge in [-0.3, -0.25) is 4.79 Å². The molecule has 30 heavy (non-hydrogen) atoms. The zero-order valence-electron chi connectivity index (χ0n) is 17.4.